The lowest BCUT2D eigenvalue weighted by atomic mass is 9.96. The number of pyridine rings is 1. The van der Waals surface area contributed by atoms with Gasteiger partial charge in [0.05, 0.1) is 5.52 Å². The Labute approximate surface area is 130 Å². The maximum atomic E-state index is 6.34. The summed E-state index contributed by atoms with van der Waals surface area (Å²) in [4.78, 5) is 4.43. The fourth-order valence-corrected chi connectivity index (χ4v) is 3.18. The van der Waals surface area contributed by atoms with Crippen molar-refractivity contribution in [3.05, 3.63) is 71.4 Å². The normalized spacial score (nSPS) is 17.0. The fourth-order valence-electron chi connectivity index (χ4n) is 3.18. The molecule has 0 spiro atoms. The van der Waals surface area contributed by atoms with Gasteiger partial charge in [-0.15, -0.1) is 0 Å². The van der Waals surface area contributed by atoms with Gasteiger partial charge in [0.1, 0.15) is 11.9 Å². The second kappa shape index (κ2) is 5.45. The van der Waals surface area contributed by atoms with Crippen molar-refractivity contribution in [3.8, 4) is 5.75 Å². The SMILES string of the molecule is Cc1ccc(C[C@H]2CCc3ccc4ncccc4c3O2)cc1. The van der Waals surface area contributed by atoms with E-state index in [0.717, 1.165) is 35.9 Å². The van der Waals surface area contributed by atoms with Crippen molar-refractivity contribution < 1.29 is 4.74 Å². The maximum Gasteiger partial charge on any atom is 0.132 e. The van der Waals surface area contributed by atoms with Crippen LogP contribution in [-0.2, 0) is 12.8 Å². The van der Waals surface area contributed by atoms with Crippen molar-refractivity contribution in [1.82, 2.24) is 4.98 Å². The molecule has 110 valence electrons. The number of hydrogen-bond acceptors (Lipinski definition) is 2. The van der Waals surface area contributed by atoms with Crippen LogP contribution in [0, 0.1) is 6.92 Å². The smallest absolute Gasteiger partial charge is 0.132 e. The molecule has 1 aliphatic heterocycles. The average Bonchev–Trinajstić information content (AvgIpc) is 2.57. The summed E-state index contributed by atoms with van der Waals surface area (Å²) in [6.45, 7) is 2.12. The van der Waals surface area contributed by atoms with Gasteiger partial charge in [0.2, 0.25) is 0 Å². The molecule has 0 radical (unpaired) electrons. The van der Waals surface area contributed by atoms with Gasteiger partial charge in [0, 0.05) is 18.0 Å². The first-order valence-corrected chi connectivity index (χ1v) is 7.88. The summed E-state index contributed by atoms with van der Waals surface area (Å²) in [7, 11) is 0. The zero-order chi connectivity index (χ0) is 14.9. The molecule has 2 aromatic carbocycles. The molecule has 1 aliphatic rings. The number of ether oxygens (including phenoxy) is 1. The van der Waals surface area contributed by atoms with Crippen LogP contribution in [0.25, 0.3) is 10.9 Å². The minimum absolute atomic E-state index is 0.251. The third-order valence-corrected chi connectivity index (χ3v) is 4.42. The Morgan fingerprint density at radius 2 is 1.95 bits per heavy atom. The van der Waals surface area contributed by atoms with Gasteiger partial charge < -0.3 is 4.74 Å². The highest BCUT2D eigenvalue weighted by Gasteiger charge is 2.22. The van der Waals surface area contributed by atoms with E-state index in [4.69, 9.17) is 4.74 Å². The number of aryl methyl sites for hydroxylation is 2. The topological polar surface area (TPSA) is 22.1 Å². The van der Waals surface area contributed by atoms with Gasteiger partial charge in [-0.05, 0) is 49.1 Å². The average molecular weight is 289 g/mol. The molecule has 0 saturated carbocycles. The van der Waals surface area contributed by atoms with Crippen LogP contribution in [0.5, 0.6) is 5.75 Å². The van der Waals surface area contributed by atoms with Crippen molar-refractivity contribution in [2.45, 2.75) is 32.3 Å². The summed E-state index contributed by atoms with van der Waals surface area (Å²) in [5.41, 5.74) is 4.96. The van der Waals surface area contributed by atoms with E-state index in [1.807, 2.05) is 12.3 Å². The third-order valence-electron chi connectivity index (χ3n) is 4.42. The molecule has 0 saturated heterocycles. The lowest BCUT2D eigenvalue weighted by molar-refractivity contribution is 0.176. The van der Waals surface area contributed by atoms with E-state index in [-0.39, 0.29) is 6.10 Å². The molecule has 0 aliphatic carbocycles. The van der Waals surface area contributed by atoms with E-state index in [2.05, 4.69) is 54.4 Å². The molecule has 0 N–H and O–H groups in total. The summed E-state index contributed by atoms with van der Waals surface area (Å²) in [5, 5.41) is 1.13. The number of hydrogen-bond donors (Lipinski definition) is 0. The molecule has 2 heterocycles. The molecule has 2 heteroatoms. The molecular weight excluding hydrogens is 270 g/mol. The first-order chi connectivity index (χ1) is 10.8. The first kappa shape index (κ1) is 13.3. The Kier molecular flexibility index (Phi) is 3.30. The number of aromatic nitrogens is 1. The van der Waals surface area contributed by atoms with Crippen LogP contribution in [0.4, 0.5) is 0 Å². The minimum atomic E-state index is 0.251. The second-order valence-corrected chi connectivity index (χ2v) is 6.09. The first-order valence-electron chi connectivity index (χ1n) is 7.88. The Hall–Kier alpha value is -2.35. The maximum absolute atomic E-state index is 6.34. The van der Waals surface area contributed by atoms with Crippen LogP contribution in [-0.4, -0.2) is 11.1 Å². The zero-order valence-electron chi connectivity index (χ0n) is 12.8. The van der Waals surface area contributed by atoms with Crippen LogP contribution in [0.3, 0.4) is 0 Å². The van der Waals surface area contributed by atoms with E-state index < -0.39 is 0 Å². The second-order valence-electron chi connectivity index (χ2n) is 6.09. The Bertz CT molecular complexity index is 808. The van der Waals surface area contributed by atoms with E-state index >= 15 is 0 Å². The number of nitrogens with zero attached hydrogens (tertiary/aromatic N) is 1. The van der Waals surface area contributed by atoms with Crippen molar-refractivity contribution in [2.75, 3.05) is 0 Å². The van der Waals surface area contributed by atoms with Gasteiger partial charge in [-0.1, -0.05) is 35.9 Å². The highest BCUT2D eigenvalue weighted by Crippen LogP contribution is 2.35. The van der Waals surface area contributed by atoms with Gasteiger partial charge >= 0.3 is 0 Å². The number of benzene rings is 2. The van der Waals surface area contributed by atoms with E-state index in [9.17, 15) is 0 Å². The highest BCUT2D eigenvalue weighted by molar-refractivity contribution is 5.86. The fraction of sp³-hybridized carbons (Fsp3) is 0.250. The molecule has 4 rings (SSSR count). The van der Waals surface area contributed by atoms with Gasteiger partial charge in [-0.3, -0.25) is 4.98 Å². The minimum Gasteiger partial charge on any atom is -0.489 e. The summed E-state index contributed by atoms with van der Waals surface area (Å²) in [6, 6.07) is 17.1. The van der Waals surface area contributed by atoms with Crippen molar-refractivity contribution in [2.24, 2.45) is 0 Å². The molecule has 22 heavy (non-hydrogen) atoms. The summed E-state index contributed by atoms with van der Waals surface area (Å²) in [5.74, 6) is 1.04. The van der Waals surface area contributed by atoms with Gasteiger partial charge in [0.25, 0.3) is 0 Å². The van der Waals surface area contributed by atoms with Crippen LogP contribution in [0.15, 0.2) is 54.7 Å². The summed E-state index contributed by atoms with van der Waals surface area (Å²) >= 11 is 0. The summed E-state index contributed by atoms with van der Waals surface area (Å²) in [6.07, 6.45) is 5.21. The van der Waals surface area contributed by atoms with Crippen LogP contribution in [0.2, 0.25) is 0 Å². The standard InChI is InChI=1S/C20H19NO/c1-14-4-6-15(7-5-14)13-17-10-8-16-9-11-19-18(20(16)22-17)3-2-12-21-19/h2-7,9,11-12,17H,8,10,13H2,1H3/t17-/m1/s1. The number of rotatable bonds is 2. The molecule has 0 bridgehead atoms. The zero-order valence-corrected chi connectivity index (χ0v) is 12.8. The molecule has 0 unspecified atom stereocenters. The van der Waals surface area contributed by atoms with E-state index in [0.29, 0.717) is 0 Å². The quantitative estimate of drug-likeness (QED) is 0.694. The van der Waals surface area contributed by atoms with Gasteiger partial charge in [0.15, 0.2) is 0 Å². The van der Waals surface area contributed by atoms with Crippen molar-refractivity contribution >= 4 is 10.9 Å². The molecule has 1 atom stereocenters. The van der Waals surface area contributed by atoms with Crippen molar-refractivity contribution in [1.29, 1.82) is 0 Å². The molecule has 0 fully saturated rings. The molecular formula is C20H19NO. The monoisotopic (exact) mass is 289 g/mol. The van der Waals surface area contributed by atoms with E-state index in [1.165, 1.54) is 16.7 Å². The highest BCUT2D eigenvalue weighted by atomic mass is 16.5. The van der Waals surface area contributed by atoms with Crippen LogP contribution < -0.4 is 4.74 Å². The van der Waals surface area contributed by atoms with Crippen LogP contribution in [0.1, 0.15) is 23.1 Å². The molecule has 1 aromatic heterocycles. The number of fused-ring (bicyclic) bond motifs is 3. The van der Waals surface area contributed by atoms with Gasteiger partial charge in [-0.2, -0.15) is 0 Å². The van der Waals surface area contributed by atoms with Crippen LogP contribution >= 0.6 is 0 Å². The predicted molar refractivity (Wildman–Crippen MR) is 89.4 cm³/mol. The molecule has 2 nitrogen and oxygen atoms in total. The molecule has 0 amide bonds. The largest absolute Gasteiger partial charge is 0.489 e. The third kappa shape index (κ3) is 2.45. The molecule has 3 aromatic rings. The lowest BCUT2D eigenvalue weighted by Gasteiger charge is -2.27. The Morgan fingerprint density at radius 1 is 1.09 bits per heavy atom. The Morgan fingerprint density at radius 3 is 2.82 bits per heavy atom. The Balaban J connectivity index is 1.63. The van der Waals surface area contributed by atoms with Crippen molar-refractivity contribution in [3.63, 3.8) is 0 Å². The predicted octanol–water partition coefficient (Wildman–Crippen LogP) is 4.48. The lowest BCUT2D eigenvalue weighted by Crippen LogP contribution is -2.25. The van der Waals surface area contributed by atoms with E-state index in [1.54, 1.807) is 0 Å². The van der Waals surface area contributed by atoms with Gasteiger partial charge in [-0.25, -0.2) is 0 Å². The summed E-state index contributed by atoms with van der Waals surface area (Å²) < 4.78 is 6.34.